The molecule has 1 saturated carbocycles. The molecule has 102 valence electrons. The Bertz CT molecular complexity index is 303. The van der Waals surface area contributed by atoms with Gasteiger partial charge in [0.1, 0.15) is 6.04 Å². The van der Waals surface area contributed by atoms with Gasteiger partial charge in [-0.05, 0) is 18.8 Å². The molecule has 1 aliphatic carbocycles. The summed E-state index contributed by atoms with van der Waals surface area (Å²) in [6.45, 7) is 0.774. The smallest absolute Gasteiger partial charge is 0.243 e. The van der Waals surface area contributed by atoms with Gasteiger partial charge < -0.3 is 10.6 Å². The van der Waals surface area contributed by atoms with Gasteiger partial charge in [0.25, 0.3) is 0 Å². The Morgan fingerprint density at radius 1 is 1.33 bits per heavy atom. The summed E-state index contributed by atoms with van der Waals surface area (Å²) in [5.74, 6) is 2.14. The third kappa shape index (κ3) is 4.19. The molecule has 2 aliphatic rings. The lowest BCUT2D eigenvalue weighted by Crippen LogP contribution is -2.48. The van der Waals surface area contributed by atoms with Crippen LogP contribution in [0, 0.1) is 5.92 Å². The lowest BCUT2D eigenvalue weighted by molar-refractivity contribution is -0.128. The maximum atomic E-state index is 12.0. The molecule has 1 saturated heterocycles. The predicted molar refractivity (Wildman–Crippen MR) is 73.5 cm³/mol. The van der Waals surface area contributed by atoms with Gasteiger partial charge in [0, 0.05) is 24.5 Å². The highest BCUT2D eigenvalue weighted by Gasteiger charge is 2.24. The molecular formula is C13H22N2O2S. The van der Waals surface area contributed by atoms with E-state index in [1.807, 2.05) is 0 Å². The van der Waals surface area contributed by atoms with Crippen molar-refractivity contribution in [1.29, 1.82) is 0 Å². The van der Waals surface area contributed by atoms with Crippen LogP contribution in [0.2, 0.25) is 0 Å². The fourth-order valence-electron chi connectivity index (χ4n) is 2.57. The van der Waals surface area contributed by atoms with Gasteiger partial charge >= 0.3 is 0 Å². The van der Waals surface area contributed by atoms with E-state index in [0.717, 1.165) is 12.3 Å². The largest absolute Gasteiger partial charge is 0.354 e. The molecule has 5 heteroatoms. The van der Waals surface area contributed by atoms with Gasteiger partial charge in [-0.25, -0.2) is 0 Å². The summed E-state index contributed by atoms with van der Waals surface area (Å²) in [7, 11) is 0. The van der Waals surface area contributed by atoms with Crippen LogP contribution in [0.1, 0.15) is 38.5 Å². The maximum Gasteiger partial charge on any atom is 0.243 e. The summed E-state index contributed by atoms with van der Waals surface area (Å²) in [5.41, 5.74) is 0. The SMILES string of the molecule is O=C1CCSC[C@@H](C(=O)NCC2CCCCC2)N1. The molecule has 1 aliphatic heterocycles. The molecule has 18 heavy (non-hydrogen) atoms. The molecule has 2 amide bonds. The summed E-state index contributed by atoms with van der Waals surface area (Å²) >= 11 is 1.67. The first-order valence-electron chi connectivity index (χ1n) is 6.90. The molecule has 0 bridgehead atoms. The van der Waals surface area contributed by atoms with Crippen molar-refractivity contribution in [3.05, 3.63) is 0 Å². The van der Waals surface area contributed by atoms with Crippen molar-refractivity contribution in [2.45, 2.75) is 44.6 Å². The van der Waals surface area contributed by atoms with E-state index in [-0.39, 0.29) is 17.9 Å². The minimum Gasteiger partial charge on any atom is -0.354 e. The number of thioether (sulfide) groups is 1. The van der Waals surface area contributed by atoms with E-state index in [0.29, 0.717) is 18.1 Å². The average molecular weight is 270 g/mol. The van der Waals surface area contributed by atoms with E-state index in [1.54, 1.807) is 11.8 Å². The van der Waals surface area contributed by atoms with Crippen LogP contribution >= 0.6 is 11.8 Å². The fraction of sp³-hybridized carbons (Fsp3) is 0.846. The quantitative estimate of drug-likeness (QED) is 0.813. The van der Waals surface area contributed by atoms with E-state index in [1.165, 1.54) is 32.1 Å². The summed E-state index contributed by atoms with van der Waals surface area (Å²) in [4.78, 5) is 23.4. The zero-order chi connectivity index (χ0) is 12.8. The Labute approximate surface area is 113 Å². The highest BCUT2D eigenvalue weighted by atomic mass is 32.2. The second-order valence-electron chi connectivity index (χ2n) is 5.19. The second-order valence-corrected chi connectivity index (χ2v) is 6.34. The van der Waals surface area contributed by atoms with Crippen molar-refractivity contribution in [2.75, 3.05) is 18.1 Å². The summed E-state index contributed by atoms with van der Waals surface area (Å²) in [5, 5.41) is 5.80. The van der Waals surface area contributed by atoms with Crippen LogP contribution in [0.5, 0.6) is 0 Å². The lowest BCUT2D eigenvalue weighted by atomic mass is 9.89. The first-order valence-corrected chi connectivity index (χ1v) is 8.06. The predicted octanol–water partition coefficient (Wildman–Crippen LogP) is 1.30. The Morgan fingerprint density at radius 2 is 2.11 bits per heavy atom. The average Bonchev–Trinajstić information content (AvgIpc) is 2.62. The highest BCUT2D eigenvalue weighted by Crippen LogP contribution is 2.22. The van der Waals surface area contributed by atoms with Crippen molar-refractivity contribution >= 4 is 23.6 Å². The van der Waals surface area contributed by atoms with Crippen molar-refractivity contribution in [3.8, 4) is 0 Å². The van der Waals surface area contributed by atoms with E-state index < -0.39 is 0 Å². The van der Waals surface area contributed by atoms with Crippen LogP contribution in [0.3, 0.4) is 0 Å². The zero-order valence-corrected chi connectivity index (χ0v) is 11.6. The molecule has 0 radical (unpaired) electrons. The van der Waals surface area contributed by atoms with Gasteiger partial charge in [-0.2, -0.15) is 11.8 Å². The number of hydrogen-bond donors (Lipinski definition) is 2. The van der Waals surface area contributed by atoms with Crippen molar-refractivity contribution in [1.82, 2.24) is 10.6 Å². The van der Waals surface area contributed by atoms with E-state index in [4.69, 9.17) is 0 Å². The molecule has 4 nitrogen and oxygen atoms in total. The molecule has 2 N–H and O–H groups in total. The molecular weight excluding hydrogens is 248 g/mol. The topological polar surface area (TPSA) is 58.2 Å². The number of rotatable bonds is 3. The summed E-state index contributed by atoms with van der Waals surface area (Å²) in [6.07, 6.45) is 6.89. The molecule has 0 aromatic heterocycles. The van der Waals surface area contributed by atoms with Crippen molar-refractivity contribution in [3.63, 3.8) is 0 Å². The van der Waals surface area contributed by atoms with Gasteiger partial charge in [0.2, 0.25) is 11.8 Å². The normalized spacial score (nSPS) is 26.2. The van der Waals surface area contributed by atoms with Crippen molar-refractivity contribution < 1.29 is 9.59 Å². The minimum atomic E-state index is -0.339. The molecule has 2 fully saturated rings. The monoisotopic (exact) mass is 270 g/mol. The minimum absolute atomic E-state index is 0.00202. The van der Waals surface area contributed by atoms with Gasteiger partial charge in [-0.1, -0.05) is 19.3 Å². The second kappa shape index (κ2) is 7.02. The highest BCUT2D eigenvalue weighted by molar-refractivity contribution is 7.99. The third-order valence-corrected chi connectivity index (χ3v) is 4.76. The Kier molecular flexibility index (Phi) is 5.35. The number of carbonyl (C=O) groups is 2. The molecule has 0 aromatic carbocycles. The van der Waals surface area contributed by atoms with Gasteiger partial charge in [0.05, 0.1) is 0 Å². The Morgan fingerprint density at radius 3 is 2.89 bits per heavy atom. The zero-order valence-electron chi connectivity index (χ0n) is 10.7. The fourth-order valence-corrected chi connectivity index (χ4v) is 3.54. The Hall–Kier alpha value is -0.710. The van der Waals surface area contributed by atoms with Crippen LogP contribution in [0.25, 0.3) is 0 Å². The van der Waals surface area contributed by atoms with Gasteiger partial charge in [-0.15, -0.1) is 0 Å². The number of amides is 2. The van der Waals surface area contributed by atoms with Crippen molar-refractivity contribution in [2.24, 2.45) is 5.92 Å². The third-order valence-electron chi connectivity index (χ3n) is 3.70. The van der Waals surface area contributed by atoms with Crippen LogP contribution in [-0.2, 0) is 9.59 Å². The van der Waals surface area contributed by atoms with E-state index in [9.17, 15) is 9.59 Å². The lowest BCUT2D eigenvalue weighted by Gasteiger charge is -2.23. The Balaban J connectivity index is 1.74. The van der Waals surface area contributed by atoms with Crippen LogP contribution in [0.4, 0.5) is 0 Å². The molecule has 1 atom stereocenters. The first kappa shape index (κ1) is 13.7. The van der Waals surface area contributed by atoms with Crippen LogP contribution in [-0.4, -0.2) is 35.9 Å². The molecule has 1 heterocycles. The number of nitrogens with one attached hydrogen (secondary N) is 2. The first-order chi connectivity index (χ1) is 8.75. The van der Waals surface area contributed by atoms with Gasteiger partial charge in [0.15, 0.2) is 0 Å². The summed E-state index contributed by atoms with van der Waals surface area (Å²) < 4.78 is 0. The van der Waals surface area contributed by atoms with Crippen LogP contribution < -0.4 is 10.6 Å². The number of carbonyl (C=O) groups excluding carboxylic acids is 2. The number of hydrogen-bond acceptors (Lipinski definition) is 3. The molecule has 0 aromatic rings. The van der Waals surface area contributed by atoms with E-state index in [2.05, 4.69) is 10.6 Å². The van der Waals surface area contributed by atoms with Crippen LogP contribution in [0.15, 0.2) is 0 Å². The van der Waals surface area contributed by atoms with E-state index >= 15 is 0 Å². The van der Waals surface area contributed by atoms with Gasteiger partial charge in [-0.3, -0.25) is 9.59 Å². The molecule has 0 spiro atoms. The molecule has 0 unspecified atom stereocenters. The molecule has 2 rings (SSSR count). The standard InChI is InChI=1S/C13H22N2O2S/c16-12-6-7-18-9-11(15-12)13(17)14-8-10-4-2-1-3-5-10/h10-11H,1-9H2,(H,14,17)(H,15,16)/t11-/m0/s1. The summed E-state index contributed by atoms with van der Waals surface area (Å²) in [6, 6.07) is -0.339. The maximum absolute atomic E-state index is 12.0.